The van der Waals surface area contributed by atoms with Crippen molar-refractivity contribution in [1.82, 2.24) is 9.97 Å². The lowest BCUT2D eigenvalue weighted by molar-refractivity contribution is 0.628. The van der Waals surface area contributed by atoms with Gasteiger partial charge in [0, 0.05) is 42.8 Å². The van der Waals surface area contributed by atoms with E-state index < -0.39 is 0 Å². The molecule has 0 aliphatic carbocycles. The smallest absolute Gasteiger partial charge is 0.141 e. The van der Waals surface area contributed by atoms with E-state index in [1.807, 2.05) is 12.1 Å². The minimum absolute atomic E-state index is 0.225. The lowest BCUT2D eigenvalue weighted by atomic mass is 10.1. The van der Waals surface area contributed by atoms with Gasteiger partial charge in [0.25, 0.3) is 0 Å². The number of fused-ring (bicyclic) bond motifs is 1. The second kappa shape index (κ2) is 7.69. The van der Waals surface area contributed by atoms with Gasteiger partial charge in [-0.15, -0.1) is 11.3 Å². The van der Waals surface area contributed by atoms with Crippen LogP contribution in [0.1, 0.15) is 11.1 Å². The maximum Gasteiger partial charge on any atom is 0.141 e. The van der Waals surface area contributed by atoms with Crippen LogP contribution in [0.2, 0.25) is 0 Å². The third kappa shape index (κ3) is 3.41. The summed E-state index contributed by atoms with van der Waals surface area (Å²) in [6.07, 6.45) is 1.65. The third-order valence-corrected chi connectivity index (χ3v) is 6.66. The summed E-state index contributed by atoms with van der Waals surface area (Å²) in [5, 5.41) is 3.16. The van der Waals surface area contributed by atoms with E-state index >= 15 is 0 Å². The number of aryl methyl sites for hydroxylation is 2. The number of aromatic nitrogens is 2. The summed E-state index contributed by atoms with van der Waals surface area (Å²) in [6.45, 7) is 8.02. The first-order chi connectivity index (χ1) is 14.6. The molecule has 0 radical (unpaired) electrons. The molecular weight excluding hydrogens is 395 g/mol. The fourth-order valence-electron chi connectivity index (χ4n) is 4.26. The average molecular weight is 419 g/mol. The predicted molar refractivity (Wildman–Crippen MR) is 123 cm³/mol. The van der Waals surface area contributed by atoms with E-state index in [4.69, 9.17) is 0 Å². The zero-order valence-electron chi connectivity index (χ0n) is 17.1. The highest BCUT2D eigenvalue weighted by molar-refractivity contribution is 7.17. The van der Waals surface area contributed by atoms with Gasteiger partial charge < -0.3 is 9.80 Å². The van der Waals surface area contributed by atoms with Crippen LogP contribution in [0.5, 0.6) is 0 Å². The molecule has 1 aliphatic rings. The Labute approximate surface area is 179 Å². The minimum atomic E-state index is -0.225. The molecule has 0 saturated carbocycles. The normalized spacial score (nSPS) is 14.5. The molecule has 6 heteroatoms. The van der Waals surface area contributed by atoms with Gasteiger partial charge in [-0.1, -0.05) is 29.8 Å². The SMILES string of the molecule is Cc1ccc(N2CCN(c3ncnc4scc(-c5ccc(F)cc5)c34)CC2)c(C)c1. The molecule has 4 aromatic rings. The minimum Gasteiger partial charge on any atom is -0.368 e. The summed E-state index contributed by atoms with van der Waals surface area (Å²) in [4.78, 5) is 14.9. The van der Waals surface area contributed by atoms with Crippen LogP contribution in [0.4, 0.5) is 15.9 Å². The highest BCUT2D eigenvalue weighted by Gasteiger charge is 2.23. The zero-order valence-corrected chi connectivity index (χ0v) is 17.9. The summed E-state index contributed by atoms with van der Waals surface area (Å²) in [5.74, 6) is 0.748. The van der Waals surface area contributed by atoms with Gasteiger partial charge in [-0.25, -0.2) is 14.4 Å². The van der Waals surface area contributed by atoms with Crippen molar-refractivity contribution in [1.29, 1.82) is 0 Å². The number of thiophene rings is 1. The third-order valence-electron chi connectivity index (χ3n) is 5.78. The second-order valence-electron chi connectivity index (χ2n) is 7.80. The molecule has 0 spiro atoms. The summed E-state index contributed by atoms with van der Waals surface area (Å²) in [6, 6.07) is 13.3. The topological polar surface area (TPSA) is 32.3 Å². The van der Waals surface area contributed by atoms with E-state index in [1.165, 1.54) is 28.9 Å². The summed E-state index contributed by atoms with van der Waals surface area (Å²) in [5.41, 5.74) is 6.00. The number of piperazine rings is 1. The van der Waals surface area contributed by atoms with Gasteiger partial charge in [-0.2, -0.15) is 0 Å². The number of benzene rings is 2. The summed E-state index contributed by atoms with van der Waals surface area (Å²) >= 11 is 1.61. The number of nitrogens with zero attached hydrogens (tertiary/aromatic N) is 4. The number of hydrogen-bond donors (Lipinski definition) is 0. The second-order valence-corrected chi connectivity index (χ2v) is 8.66. The standard InChI is InChI=1S/C24H23FN4S/c1-16-3-8-21(17(2)13-16)28-9-11-29(12-10-28)23-22-20(14-30-24(22)27-15-26-23)18-4-6-19(25)7-5-18/h3-8,13-15H,9-12H2,1-2H3. The Morgan fingerprint density at radius 2 is 1.63 bits per heavy atom. The first-order valence-corrected chi connectivity index (χ1v) is 11.0. The number of rotatable bonds is 3. The van der Waals surface area contributed by atoms with Crippen LogP contribution in [0.25, 0.3) is 21.3 Å². The summed E-state index contributed by atoms with van der Waals surface area (Å²) in [7, 11) is 0. The highest BCUT2D eigenvalue weighted by atomic mass is 32.1. The molecular formula is C24H23FN4S. The monoisotopic (exact) mass is 418 g/mol. The van der Waals surface area contributed by atoms with Gasteiger partial charge in [0.15, 0.2) is 0 Å². The molecule has 0 bridgehead atoms. The molecule has 3 heterocycles. The molecule has 1 saturated heterocycles. The fourth-order valence-corrected chi connectivity index (χ4v) is 5.17. The van der Waals surface area contributed by atoms with Crippen molar-refractivity contribution < 1.29 is 4.39 Å². The van der Waals surface area contributed by atoms with Crippen LogP contribution in [0.15, 0.2) is 54.2 Å². The quantitative estimate of drug-likeness (QED) is 0.443. The fraction of sp³-hybridized carbons (Fsp3) is 0.250. The Balaban J connectivity index is 1.44. The number of hydrogen-bond acceptors (Lipinski definition) is 5. The van der Waals surface area contributed by atoms with Gasteiger partial charge >= 0.3 is 0 Å². The maximum absolute atomic E-state index is 13.4. The molecule has 1 fully saturated rings. The predicted octanol–water partition coefficient (Wildman–Crippen LogP) is 5.44. The lowest BCUT2D eigenvalue weighted by Gasteiger charge is -2.37. The van der Waals surface area contributed by atoms with E-state index in [1.54, 1.807) is 17.7 Å². The van der Waals surface area contributed by atoms with Gasteiger partial charge in [0.05, 0.1) is 5.39 Å². The van der Waals surface area contributed by atoms with Gasteiger partial charge in [0.2, 0.25) is 0 Å². The Morgan fingerprint density at radius 3 is 2.37 bits per heavy atom. The van der Waals surface area contributed by atoms with Crippen LogP contribution < -0.4 is 9.80 Å². The molecule has 1 aliphatic heterocycles. The van der Waals surface area contributed by atoms with Crippen molar-refractivity contribution in [3.8, 4) is 11.1 Å². The molecule has 5 rings (SSSR count). The first kappa shape index (κ1) is 19.0. The Kier molecular flexibility index (Phi) is 4.87. The summed E-state index contributed by atoms with van der Waals surface area (Å²) < 4.78 is 13.4. The molecule has 2 aromatic heterocycles. The Hall–Kier alpha value is -2.99. The van der Waals surface area contributed by atoms with E-state index in [2.05, 4.69) is 57.2 Å². The van der Waals surface area contributed by atoms with Crippen LogP contribution in [-0.2, 0) is 0 Å². The Bertz CT molecular complexity index is 1190. The molecule has 30 heavy (non-hydrogen) atoms. The van der Waals surface area contributed by atoms with Gasteiger partial charge in [0.1, 0.15) is 22.8 Å². The zero-order chi connectivity index (χ0) is 20.7. The first-order valence-electron chi connectivity index (χ1n) is 10.2. The molecule has 0 N–H and O–H groups in total. The molecule has 0 unspecified atom stereocenters. The van der Waals surface area contributed by atoms with Gasteiger partial charge in [-0.05, 0) is 43.2 Å². The van der Waals surface area contributed by atoms with Crippen LogP contribution >= 0.6 is 11.3 Å². The van der Waals surface area contributed by atoms with E-state index in [0.29, 0.717) is 0 Å². The number of halogens is 1. The van der Waals surface area contributed by atoms with Crippen molar-refractivity contribution >= 4 is 33.1 Å². The van der Waals surface area contributed by atoms with Crippen LogP contribution in [-0.4, -0.2) is 36.1 Å². The molecule has 0 atom stereocenters. The van der Waals surface area contributed by atoms with Crippen LogP contribution in [0, 0.1) is 19.7 Å². The molecule has 4 nitrogen and oxygen atoms in total. The van der Waals surface area contributed by atoms with Crippen molar-refractivity contribution in [2.45, 2.75) is 13.8 Å². The van der Waals surface area contributed by atoms with Crippen molar-refractivity contribution in [2.75, 3.05) is 36.0 Å². The Morgan fingerprint density at radius 1 is 0.900 bits per heavy atom. The number of anilines is 2. The average Bonchev–Trinajstić information content (AvgIpc) is 3.19. The van der Waals surface area contributed by atoms with Crippen molar-refractivity contribution in [3.63, 3.8) is 0 Å². The molecule has 2 aromatic carbocycles. The maximum atomic E-state index is 13.4. The van der Waals surface area contributed by atoms with Gasteiger partial charge in [-0.3, -0.25) is 0 Å². The molecule has 152 valence electrons. The largest absolute Gasteiger partial charge is 0.368 e. The van der Waals surface area contributed by atoms with Crippen molar-refractivity contribution in [3.05, 3.63) is 71.1 Å². The van der Waals surface area contributed by atoms with Crippen molar-refractivity contribution in [2.24, 2.45) is 0 Å². The van der Waals surface area contributed by atoms with E-state index in [0.717, 1.165) is 53.3 Å². The highest BCUT2D eigenvalue weighted by Crippen LogP contribution is 2.38. The lowest BCUT2D eigenvalue weighted by Crippen LogP contribution is -2.47. The molecule has 0 amide bonds. The van der Waals surface area contributed by atoms with E-state index in [9.17, 15) is 4.39 Å². The van der Waals surface area contributed by atoms with Crippen LogP contribution in [0.3, 0.4) is 0 Å². The van der Waals surface area contributed by atoms with E-state index in [-0.39, 0.29) is 5.82 Å².